The highest BCUT2D eigenvalue weighted by Crippen LogP contribution is 2.48. The van der Waals surface area contributed by atoms with Crippen LogP contribution in [0.4, 0.5) is 4.79 Å². The molecule has 3 heterocycles. The molecule has 5 atom stereocenters. The van der Waals surface area contributed by atoms with Crippen LogP contribution in [0.2, 0.25) is 0 Å². The molecule has 3 aliphatic rings. The molecule has 2 saturated heterocycles. The predicted octanol–water partition coefficient (Wildman–Crippen LogP) is 5.07. The second kappa shape index (κ2) is 18.2. The van der Waals surface area contributed by atoms with E-state index in [-0.39, 0.29) is 25.9 Å². The summed E-state index contributed by atoms with van der Waals surface area (Å²) in [4.78, 5) is 44.8. The van der Waals surface area contributed by atoms with Gasteiger partial charge in [0, 0.05) is 38.5 Å². The first kappa shape index (κ1) is 37.2. The van der Waals surface area contributed by atoms with Gasteiger partial charge in [0.05, 0.1) is 39.4 Å². The van der Waals surface area contributed by atoms with Crippen molar-refractivity contribution in [3.8, 4) is 17.2 Å². The van der Waals surface area contributed by atoms with Crippen molar-refractivity contribution >= 4 is 18.0 Å². The smallest absolute Gasteiger partial charge is 0.497 e. The number of likely N-dealkylation sites (tertiary alicyclic amines) is 1. The lowest BCUT2D eigenvalue weighted by atomic mass is 9.82. The van der Waals surface area contributed by atoms with Gasteiger partial charge in [-0.25, -0.2) is 4.79 Å². The van der Waals surface area contributed by atoms with E-state index in [2.05, 4.69) is 18.7 Å². The van der Waals surface area contributed by atoms with Gasteiger partial charge in [0.2, 0.25) is 19.0 Å². The number of carbonyl (C=O) groups excluding carboxylic acids is 3. The van der Waals surface area contributed by atoms with Gasteiger partial charge in [-0.1, -0.05) is 44.9 Å². The van der Waals surface area contributed by atoms with Gasteiger partial charge in [-0.2, -0.15) is 0 Å². The minimum Gasteiger partial charge on any atom is -0.497 e. The van der Waals surface area contributed by atoms with E-state index in [1.807, 2.05) is 47.4 Å². The molecule has 13 nitrogen and oxygen atoms in total. The Balaban J connectivity index is 1.41. The van der Waals surface area contributed by atoms with Crippen LogP contribution in [0.15, 0.2) is 42.5 Å². The Morgan fingerprint density at radius 3 is 2.34 bits per heavy atom. The molecular formula is C37H50N2O11. The molecular weight excluding hydrogens is 648 g/mol. The molecule has 1 amide bonds. The van der Waals surface area contributed by atoms with E-state index < -0.39 is 42.4 Å². The molecule has 0 saturated carbocycles. The lowest BCUT2D eigenvalue weighted by Gasteiger charge is -2.31. The highest BCUT2D eigenvalue weighted by Gasteiger charge is 2.49. The van der Waals surface area contributed by atoms with Gasteiger partial charge in [-0.05, 0) is 48.2 Å². The number of benzene rings is 2. The Bertz CT molecular complexity index is 1410. The normalized spacial score (nSPS) is 22.1. The Morgan fingerprint density at radius 2 is 1.66 bits per heavy atom. The molecule has 2 fully saturated rings. The van der Waals surface area contributed by atoms with Gasteiger partial charge in [-0.3, -0.25) is 14.5 Å². The Morgan fingerprint density at radius 1 is 0.940 bits per heavy atom. The van der Waals surface area contributed by atoms with Gasteiger partial charge >= 0.3 is 12.1 Å². The number of rotatable bonds is 16. The number of unbranched alkanes of at least 4 members (excludes halogenated alkanes) is 2. The molecule has 0 bridgehead atoms. The van der Waals surface area contributed by atoms with Gasteiger partial charge in [-0.15, -0.1) is 0 Å². The van der Waals surface area contributed by atoms with Crippen LogP contribution in [-0.2, 0) is 33.3 Å². The molecule has 274 valence electrons. The fourth-order valence-electron chi connectivity index (χ4n) is 6.62. The maximum atomic E-state index is 14.3. The number of hydrogen-bond donors (Lipinski definition) is 0. The molecule has 13 heteroatoms. The summed E-state index contributed by atoms with van der Waals surface area (Å²) in [5.74, 6) is 0.111. The van der Waals surface area contributed by atoms with Crippen molar-refractivity contribution in [1.29, 1.82) is 0 Å². The maximum Gasteiger partial charge on any atom is 0.511 e. The van der Waals surface area contributed by atoms with Crippen LogP contribution in [0.3, 0.4) is 0 Å². The Kier molecular flexibility index (Phi) is 13.6. The van der Waals surface area contributed by atoms with Crippen LogP contribution >= 0.6 is 0 Å². The number of methoxy groups -OCH3 is 1. The third-order valence-electron chi connectivity index (χ3n) is 9.22. The summed E-state index contributed by atoms with van der Waals surface area (Å²) in [6.45, 7) is 8.81. The monoisotopic (exact) mass is 698 g/mol. The quantitative estimate of drug-likeness (QED) is 0.171. The zero-order chi connectivity index (χ0) is 35.5. The summed E-state index contributed by atoms with van der Waals surface area (Å²) in [6, 6.07) is 12.6. The van der Waals surface area contributed by atoms with Crippen LogP contribution < -0.4 is 14.2 Å². The number of hydrogen-bond acceptors (Lipinski definition) is 12. The topological polar surface area (TPSA) is 132 Å². The first-order valence-electron chi connectivity index (χ1n) is 17.6. The van der Waals surface area contributed by atoms with E-state index >= 15 is 0 Å². The van der Waals surface area contributed by atoms with Crippen molar-refractivity contribution in [2.75, 3.05) is 66.5 Å². The fraction of sp³-hybridized carbons (Fsp3) is 0.595. The van der Waals surface area contributed by atoms with Crippen LogP contribution in [0, 0.1) is 5.92 Å². The highest BCUT2D eigenvalue weighted by atomic mass is 16.8. The van der Waals surface area contributed by atoms with Crippen molar-refractivity contribution in [2.45, 2.75) is 70.8 Å². The van der Waals surface area contributed by atoms with Crippen LogP contribution in [-0.4, -0.2) is 107 Å². The van der Waals surface area contributed by atoms with E-state index in [1.54, 1.807) is 7.11 Å². The minimum absolute atomic E-state index is 0.00987. The number of amides is 1. The summed E-state index contributed by atoms with van der Waals surface area (Å²) in [5.41, 5.74) is 1.65. The molecule has 0 aliphatic carbocycles. The molecule has 2 aromatic carbocycles. The lowest BCUT2D eigenvalue weighted by Crippen LogP contribution is -2.42. The summed E-state index contributed by atoms with van der Waals surface area (Å²) < 4.78 is 43.8. The third kappa shape index (κ3) is 9.58. The number of ether oxygens (including phenoxy) is 8. The first-order chi connectivity index (χ1) is 24.3. The lowest BCUT2D eigenvalue weighted by molar-refractivity contribution is -0.176. The van der Waals surface area contributed by atoms with Crippen molar-refractivity contribution in [3.63, 3.8) is 0 Å². The van der Waals surface area contributed by atoms with Crippen molar-refractivity contribution in [3.05, 3.63) is 53.6 Å². The average molecular weight is 699 g/mol. The summed E-state index contributed by atoms with van der Waals surface area (Å²) >= 11 is 0. The van der Waals surface area contributed by atoms with Crippen molar-refractivity contribution in [1.82, 2.24) is 9.80 Å². The number of fused-ring (bicyclic) bond motifs is 1. The van der Waals surface area contributed by atoms with Crippen LogP contribution in [0.25, 0.3) is 0 Å². The fourth-order valence-corrected chi connectivity index (χ4v) is 6.62. The third-order valence-corrected chi connectivity index (χ3v) is 9.22. The Labute approximate surface area is 294 Å². The van der Waals surface area contributed by atoms with E-state index in [0.29, 0.717) is 56.7 Å². The van der Waals surface area contributed by atoms with Gasteiger partial charge < -0.3 is 42.8 Å². The minimum atomic E-state index is -1.25. The summed E-state index contributed by atoms with van der Waals surface area (Å²) in [7, 11) is 1.59. The SMILES string of the molecule is CCCCN(CCCC)C(=O)CN1C[C@H](c2ccc3c(c2)OCO3)[C@@H](C(=O)OC(C)OC(=O)OC[C@@H]2COCCO2)[C@@H]1c1ccc(OC)cc1. The molecule has 50 heavy (non-hydrogen) atoms. The van der Waals surface area contributed by atoms with E-state index in [4.69, 9.17) is 37.9 Å². The highest BCUT2D eigenvalue weighted by molar-refractivity contribution is 5.80. The second-order valence-electron chi connectivity index (χ2n) is 12.7. The van der Waals surface area contributed by atoms with E-state index in [9.17, 15) is 14.4 Å². The van der Waals surface area contributed by atoms with Crippen LogP contribution in [0.5, 0.6) is 17.2 Å². The summed E-state index contributed by atoms with van der Waals surface area (Å²) in [5, 5.41) is 0. The zero-order valence-corrected chi connectivity index (χ0v) is 29.5. The summed E-state index contributed by atoms with van der Waals surface area (Å²) in [6.07, 6.45) is 1.14. The average Bonchev–Trinajstić information content (AvgIpc) is 3.76. The molecule has 5 rings (SSSR count). The zero-order valence-electron chi connectivity index (χ0n) is 29.5. The first-order valence-corrected chi connectivity index (χ1v) is 17.6. The number of carbonyl (C=O) groups is 3. The maximum absolute atomic E-state index is 14.3. The standard InChI is InChI=1S/C37H50N2O11/c1-5-7-15-38(16-8-6-2)33(40)21-39-20-30(27-11-14-31-32(19-27)48-24-47-31)34(35(39)26-9-12-28(43-4)13-10-26)36(41)49-25(3)50-37(42)46-23-29-22-44-17-18-45-29/h9-14,19,25,29-30,34-35H,5-8,15-18,20-24H2,1-4H3/t25?,29-,30+,34+,35-/m0/s1. The molecule has 0 aromatic heterocycles. The molecule has 3 aliphatic heterocycles. The van der Waals surface area contributed by atoms with E-state index in [1.165, 1.54) is 6.92 Å². The predicted molar refractivity (Wildman–Crippen MR) is 181 cm³/mol. The molecule has 1 unspecified atom stereocenters. The largest absolute Gasteiger partial charge is 0.511 e. The molecule has 0 spiro atoms. The molecule has 0 radical (unpaired) electrons. The molecule has 2 aromatic rings. The van der Waals surface area contributed by atoms with E-state index in [0.717, 1.165) is 36.8 Å². The number of esters is 1. The second-order valence-corrected chi connectivity index (χ2v) is 12.7. The Hall–Kier alpha value is -4.07. The number of nitrogens with zero attached hydrogens (tertiary/aromatic N) is 2. The van der Waals surface area contributed by atoms with Gasteiger partial charge in [0.25, 0.3) is 0 Å². The molecule has 0 N–H and O–H groups in total. The van der Waals surface area contributed by atoms with Crippen molar-refractivity contribution in [2.24, 2.45) is 5.92 Å². The van der Waals surface area contributed by atoms with Crippen LogP contribution in [0.1, 0.15) is 69.5 Å². The van der Waals surface area contributed by atoms with Crippen molar-refractivity contribution < 1.29 is 52.3 Å². The van der Waals surface area contributed by atoms with Gasteiger partial charge in [0.1, 0.15) is 18.5 Å². The van der Waals surface area contributed by atoms with Gasteiger partial charge in [0.15, 0.2) is 11.5 Å².